The van der Waals surface area contributed by atoms with Crippen LogP contribution in [0.1, 0.15) is 5.89 Å². The number of rotatable bonds is 7. The van der Waals surface area contributed by atoms with Crippen LogP contribution in [-0.2, 0) is 11.3 Å². The van der Waals surface area contributed by atoms with Crippen molar-refractivity contribution < 1.29 is 27.1 Å². The molecule has 0 aliphatic heterocycles. The molecule has 0 saturated carbocycles. The van der Waals surface area contributed by atoms with Crippen molar-refractivity contribution in [3.8, 4) is 5.75 Å². The Morgan fingerprint density at radius 2 is 1.93 bits per heavy atom. The molecular formula is C16H12F3N5O5S. The summed E-state index contributed by atoms with van der Waals surface area (Å²) in [4.78, 5) is 36.7. The molecule has 14 heteroatoms. The van der Waals surface area contributed by atoms with Crippen molar-refractivity contribution in [3.63, 3.8) is 0 Å². The number of nitrogens with zero attached hydrogens (tertiary/aromatic N) is 3. The lowest BCUT2D eigenvalue weighted by Crippen LogP contribution is -2.28. The standard InChI is InChI=1S/C16H12F3N5O5S/c17-16(18,19)29-10-3-1-9(2-4-10)20-12(26)8-30-15-23-22-13(28-15)7-24-6-5-11(25)21-14(24)27/h1-6H,7-8H2,(H,20,26)(H,21,25,27). The summed E-state index contributed by atoms with van der Waals surface area (Å²) in [5.41, 5.74) is -0.897. The summed E-state index contributed by atoms with van der Waals surface area (Å²) in [6, 6.07) is 5.82. The van der Waals surface area contributed by atoms with Crippen molar-refractivity contribution >= 4 is 23.4 Å². The van der Waals surface area contributed by atoms with Crippen LogP contribution >= 0.6 is 11.8 Å². The number of hydrogen-bond acceptors (Lipinski definition) is 8. The van der Waals surface area contributed by atoms with Gasteiger partial charge in [0, 0.05) is 18.0 Å². The molecule has 0 aliphatic carbocycles. The predicted molar refractivity (Wildman–Crippen MR) is 97.2 cm³/mol. The van der Waals surface area contributed by atoms with Crippen LogP contribution in [0.15, 0.2) is 55.8 Å². The van der Waals surface area contributed by atoms with Crippen LogP contribution in [0, 0.1) is 0 Å². The smallest absolute Gasteiger partial charge is 0.414 e. The summed E-state index contributed by atoms with van der Waals surface area (Å²) in [6.07, 6.45) is -3.52. The normalized spacial score (nSPS) is 11.3. The molecule has 1 aromatic carbocycles. The Balaban J connectivity index is 1.50. The van der Waals surface area contributed by atoms with Gasteiger partial charge in [0.25, 0.3) is 10.8 Å². The van der Waals surface area contributed by atoms with E-state index in [0.29, 0.717) is 0 Å². The first-order chi connectivity index (χ1) is 14.2. The van der Waals surface area contributed by atoms with Gasteiger partial charge in [-0.25, -0.2) is 4.79 Å². The van der Waals surface area contributed by atoms with Crippen molar-refractivity contribution in [3.05, 3.63) is 63.3 Å². The number of aromatic amines is 1. The maximum Gasteiger partial charge on any atom is 0.573 e. The van der Waals surface area contributed by atoms with Gasteiger partial charge in [0.05, 0.1) is 5.75 Å². The summed E-state index contributed by atoms with van der Waals surface area (Å²) in [7, 11) is 0. The fraction of sp³-hybridized carbons (Fsp3) is 0.188. The lowest BCUT2D eigenvalue weighted by molar-refractivity contribution is -0.274. The third kappa shape index (κ3) is 6.23. The zero-order valence-electron chi connectivity index (χ0n) is 14.8. The van der Waals surface area contributed by atoms with E-state index >= 15 is 0 Å². The topological polar surface area (TPSA) is 132 Å². The minimum absolute atomic E-state index is 0.0677. The van der Waals surface area contributed by atoms with E-state index in [4.69, 9.17) is 4.42 Å². The molecule has 0 atom stereocenters. The molecule has 30 heavy (non-hydrogen) atoms. The monoisotopic (exact) mass is 443 g/mol. The molecule has 3 aromatic rings. The second kappa shape index (κ2) is 8.86. The maximum absolute atomic E-state index is 12.1. The van der Waals surface area contributed by atoms with Crippen molar-refractivity contribution in [1.29, 1.82) is 0 Å². The number of thioether (sulfide) groups is 1. The lowest BCUT2D eigenvalue weighted by Gasteiger charge is -2.09. The highest BCUT2D eigenvalue weighted by atomic mass is 32.2. The van der Waals surface area contributed by atoms with Gasteiger partial charge in [0.15, 0.2) is 0 Å². The molecule has 0 unspecified atom stereocenters. The highest BCUT2D eigenvalue weighted by Gasteiger charge is 2.30. The Labute approximate surface area is 169 Å². The number of amides is 1. The van der Waals surface area contributed by atoms with E-state index in [9.17, 15) is 27.6 Å². The minimum atomic E-state index is -4.80. The van der Waals surface area contributed by atoms with Gasteiger partial charge in [-0.2, -0.15) is 0 Å². The van der Waals surface area contributed by atoms with E-state index in [-0.39, 0.29) is 29.1 Å². The third-order valence-corrected chi connectivity index (χ3v) is 4.17. The summed E-state index contributed by atoms with van der Waals surface area (Å²) in [5, 5.41) is 10.1. The number of nitrogens with one attached hydrogen (secondary N) is 2. The van der Waals surface area contributed by atoms with Gasteiger partial charge in [-0.3, -0.25) is 19.1 Å². The van der Waals surface area contributed by atoms with Gasteiger partial charge in [-0.1, -0.05) is 11.8 Å². The van der Waals surface area contributed by atoms with Crippen LogP contribution in [0.25, 0.3) is 0 Å². The van der Waals surface area contributed by atoms with Crippen LogP contribution in [-0.4, -0.2) is 37.8 Å². The van der Waals surface area contributed by atoms with Gasteiger partial charge in [-0.15, -0.1) is 23.4 Å². The molecule has 10 nitrogen and oxygen atoms in total. The van der Waals surface area contributed by atoms with E-state index in [1.165, 1.54) is 24.4 Å². The molecule has 2 N–H and O–H groups in total. The number of H-pyrrole nitrogens is 1. The Morgan fingerprint density at radius 1 is 1.20 bits per heavy atom. The molecule has 0 aliphatic rings. The molecule has 0 radical (unpaired) electrons. The molecule has 158 valence electrons. The number of aromatic nitrogens is 4. The first-order valence-electron chi connectivity index (χ1n) is 8.08. The number of hydrogen-bond donors (Lipinski definition) is 2. The predicted octanol–water partition coefficient (Wildman–Crippen LogP) is 1.60. The first-order valence-corrected chi connectivity index (χ1v) is 9.07. The van der Waals surface area contributed by atoms with Gasteiger partial charge in [0.1, 0.15) is 12.3 Å². The first kappa shape index (κ1) is 21.2. The molecule has 2 heterocycles. The molecular weight excluding hydrogens is 431 g/mol. The number of alkyl halides is 3. The van der Waals surface area contributed by atoms with E-state index < -0.39 is 29.3 Å². The molecule has 3 rings (SSSR count). The molecule has 0 spiro atoms. The largest absolute Gasteiger partial charge is 0.573 e. The zero-order chi connectivity index (χ0) is 21.7. The van der Waals surface area contributed by atoms with Crippen molar-refractivity contribution in [2.24, 2.45) is 0 Å². The summed E-state index contributed by atoms with van der Waals surface area (Å²) in [6.45, 7) is -0.0677. The van der Waals surface area contributed by atoms with Crippen molar-refractivity contribution in [2.75, 3.05) is 11.1 Å². The van der Waals surface area contributed by atoms with Crippen LogP contribution in [0.2, 0.25) is 0 Å². The summed E-state index contributed by atoms with van der Waals surface area (Å²) in [5.74, 6) is -0.885. The van der Waals surface area contributed by atoms with E-state index in [0.717, 1.165) is 28.5 Å². The Hall–Kier alpha value is -3.55. The summed E-state index contributed by atoms with van der Waals surface area (Å²) >= 11 is 0.926. The number of anilines is 1. The average Bonchev–Trinajstić information content (AvgIpc) is 3.10. The molecule has 0 bridgehead atoms. The second-order valence-corrected chi connectivity index (χ2v) is 6.54. The van der Waals surface area contributed by atoms with Crippen LogP contribution in [0.4, 0.5) is 18.9 Å². The van der Waals surface area contributed by atoms with Crippen LogP contribution < -0.4 is 21.3 Å². The highest BCUT2D eigenvalue weighted by molar-refractivity contribution is 7.99. The van der Waals surface area contributed by atoms with Crippen molar-refractivity contribution in [2.45, 2.75) is 18.1 Å². The van der Waals surface area contributed by atoms with Gasteiger partial charge < -0.3 is 14.5 Å². The number of carbonyl (C=O) groups excluding carboxylic acids is 1. The van der Waals surface area contributed by atoms with E-state index in [1.807, 2.05) is 0 Å². The van der Waals surface area contributed by atoms with Crippen LogP contribution in [0.5, 0.6) is 5.75 Å². The lowest BCUT2D eigenvalue weighted by atomic mass is 10.3. The Kier molecular flexibility index (Phi) is 6.25. The molecule has 0 saturated heterocycles. The number of carbonyl (C=O) groups is 1. The van der Waals surface area contributed by atoms with Crippen LogP contribution in [0.3, 0.4) is 0 Å². The summed E-state index contributed by atoms with van der Waals surface area (Å²) < 4.78 is 46.6. The Bertz CT molecular complexity index is 1140. The van der Waals surface area contributed by atoms with Gasteiger partial charge in [-0.05, 0) is 24.3 Å². The third-order valence-electron chi connectivity index (χ3n) is 3.35. The highest BCUT2D eigenvalue weighted by Crippen LogP contribution is 2.24. The minimum Gasteiger partial charge on any atom is -0.414 e. The second-order valence-electron chi connectivity index (χ2n) is 5.61. The van der Waals surface area contributed by atoms with E-state index in [2.05, 4.69) is 25.2 Å². The van der Waals surface area contributed by atoms with Gasteiger partial charge in [0.2, 0.25) is 11.8 Å². The number of halogens is 3. The molecule has 2 aromatic heterocycles. The molecule has 1 amide bonds. The number of benzene rings is 1. The van der Waals surface area contributed by atoms with E-state index in [1.54, 1.807) is 0 Å². The number of ether oxygens (including phenoxy) is 1. The Morgan fingerprint density at radius 3 is 2.60 bits per heavy atom. The average molecular weight is 443 g/mol. The fourth-order valence-corrected chi connectivity index (χ4v) is 2.72. The quantitative estimate of drug-likeness (QED) is 0.527. The fourth-order valence-electron chi connectivity index (χ4n) is 2.14. The zero-order valence-corrected chi connectivity index (χ0v) is 15.6. The maximum atomic E-state index is 12.1. The van der Waals surface area contributed by atoms with Crippen molar-refractivity contribution in [1.82, 2.24) is 19.7 Å². The molecule has 0 fully saturated rings. The SMILES string of the molecule is O=C(CSc1nnc(Cn2ccc(=O)[nH]c2=O)o1)Nc1ccc(OC(F)(F)F)cc1. The van der Waals surface area contributed by atoms with Gasteiger partial charge >= 0.3 is 12.1 Å².